The zero-order chi connectivity index (χ0) is 14.5. The van der Waals surface area contributed by atoms with E-state index in [0.29, 0.717) is 5.56 Å². The molecule has 0 aromatic heterocycles. The number of hydrogen-bond acceptors (Lipinski definition) is 3. The van der Waals surface area contributed by atoms with E-state index in [1.807, 2.05) is 5.43 Å². The molecule has 0 aliphatic carbocycles. The van der Waals surface area contributed by atoms with Gasteiger partial charge in [-0.25, -0.2) is 5.84 Å². The first-order valence-electron chi connectivity index (χ1n) is 5.67. The summed E-state index contributed by atoms with van der Waals surface area (Å²) < 4.78 is 36.6. The number of amides is 1. The van der Waals surface area contributed by atoms with Crippen LogP contribution in [-0.4, -0.2) is 30.6 Å². The Hall–Kier alpha value is -1.60. The Balaban J connectivity index is 2.83. The summed E-state index contributed by atoms with van der Waals surface area (Å²) in [5.41, 5.74) is 2.57. The summed E-state index contributed by atoms with van der Waals surface area (Å²) in [5.74, 6) is 4.54. The van der Waals surface area contributed by atoms with Gasteiger partial charge in [0.05, 0.1) is 6.42 Å². The van der Waals surface area contributed by atoms with Gasteiger partial charge in [0.15, 0.2) is 0 Å². The first-order valence-corrected chi connectivity index (χ1v) is 5.67. The molecule has 1 aromatic carbocycles. The molecule has 0 saturated heterocycles. The number of carbonyl (C=O) groups excluding carboxylic acids is 1. The van der Waals surface area contributed by atoms with Crippen LogP contribution in [-0.2, 0) is 4.79 Å². The third kappa shape index (κ3) is 4.88. The lowest BCUT2D eigenvalue weighted by Gasteiger charge is -2.27. The Labute approximate surface area is 109 Å². The minimum Gasteiger partial charge on any atom is -0.293 e. The van der Waals surface area contributed by atoms with Gasteiger partial charge in [-0.3, -0.25) is 15.1 Å². The summed E-state index contributed by atoms with van der Waals surface area (Å²) in [5, 5.41) is 0. The molecule has 3 N–H and O–H groups in total. The highest BCUT2D eigenvalue weighted by Gasteiger charge is 2.31. The number of benzene rings is 1. The molecular weight excluding hydrogens is 259 g/mol. The average molecular weight is 275 g/mol. The number of rotatable bonds is 5. The third-order valence-corrected chi connectivity index (χ3v) is 2.69. The molecule has 1 atom stereocenters. The van der Waals surface area contributed by atoms with E-state index < -0.39 is 24.5 Å². The first-order chi connectivity index (χ1) is 8.85. The van der Waals surface area contributed by atoms with Crippen molar-refractivity contribution in [1.29, 1.82) is 0 Å². The Bertz CT molecular complexity index is 408. The fourth-order valence-electron chi connectivity index (χ4n) is 1.75. The molecular formula is C12H16F3N3O. The normalized spacial score (nSPS) is 13.4. The van der Waals surface area contributed by atoms with Crippen LogP contribution in [0.1, 0.15) is 18.0 Å². The first kappa shape index (κ1) is 15.5. The molecule has 0 aliphatic heterocycles. The van der Waals surface area contributed by atoms with Gasteiger partial charge in [-0.05, 0) is 12.6 Å². The van der Waals surface area contributed by atoms with Crippen molar-refractivity contribution < 1.29 is 18.0 Å². The summed E-state index contributed by atoms with van der Waals surface area (Å²) in [6.45, 7) is -0.281. The van der Waals surface area contributed by atoms with Crippen molar-refractivity contribution in [3.8, 4) is 0 Å². The van der Waals surface area contributed by atoms with Crippen LogP contribution in [0.5, 0.6) is 0 Å². The highest BCUT2D eigenvalue weighted by molar-refractivity contribution is 5.82. The molecule has 1 rings (SSSR count). The van der Waals surface area contributed by atoms with Crippen molar-refractivity contribution in [3.05, 3.63) is 35.9 Å². The van der Waals surface area contributed by atoms with E-state index in [2.05, 4.69) is 0 Å². The van der Waals surface area contributed by atoms with Crippen LogP contribution < -0.4 is 11.3 Å². The van der Waals surface area contributed by atoms with Gasteiger partial charge in [-0.2, -0.15) is 13.2 Å². The molecule has 0 bridgehead atoms. The molecule has 4 nitrogen and oxygen atoms in total. The van der Waals surface area contributed by atoms with Crippen LogP contribution in [0, 0.1) is 0 Å². The van der Waals surface area contributed by atoms with Gasteiger partial charge in [-0.1, -0.05) is 30.3 Å². The monoisotopic (exact) mass is 275 g/mol. The number of carbonyl (C=O) groups is 1. The van der Waals surface area contributed by atoms with E-state index in [-0.39, 0.29) is 6.54 Å². The number of hydrogen-bond donors (Lipinski definition) is 2. The van der Waals surface area contributed by atoms with E-state index in [1.165, 1.54) is 11.9 Å². The summed E-state index contributed by atoms with van der Waals surface area (Å²) in [6.07, 6.45) is -5.24. The highest BCUT2D eigenvalue weighted by Crippen LogP contribution is 2.24. The van der Waals surface area contributed by atoms with Crippen molar-refractivity contribution in [2.45, 2.75) is 18.6 Å². The molecule has 1 unspecified atom stereocenters. The predicted octanol–water partition coefficient (Wildman–Crippen LogP) is 1.60. The van der Waals surface area contributed by atoms with Crippen LogP contribution in [0.15, 0.2) is 30.3 Å². The lowest BCUT2D eigenvalue weighted by atomic mass is 10.0. The zero-order valence-electron chi connectivity index (χ0n) is 10.4. The van der Waals surface area contributed by atoms with Crippen LogP contribution in [0.2, 0.25) is 0 Å². The second kappa shape index (κ2) is 6.53. The minimum absolute atomic E-state index is 0.281. The molecule has 1 aromatic rings. The Morgan fingerprint density at radius 3 is 2.42 bits per heavy atom. The smallest absolute Gasteiger partial charge is 0.293 e. The molecule has 0 fully saturated rings. The number of likely N-dealkylation sites (N-methyl/N-ethyl adjacent to an activating group) is 1. The average Bonchev–Trinajstić information content (AvgIpc) is 2.37. The van der Waals surface area contributed by atoms with Gasteiger partial charge in [0, 0.05) is 6.54 Å². The lowest BCUT2D eigenvalue weighted by Crippen LogP contribution is -2.42. The van der Waals surface area contributed by atoms with Gasteiger partial charge < -0.3 is 0 Å². The van der Waals surface area contributed by atoms with E-state index in [4.69, 9.17) is 5.84 Å². The minimum atomic E-state index is -4.26. The molecule has 1 amide bonds. The van der Waals surface area contributed by atoms with Gasteiger partial charge in [0.2, 0.25) is 0 Å². The predicted molar refractivity (Wildman–Crippen MR) is 64.8 cm³/mol. The van der Waals surface area contributed by atoms with Crippen molar-refractivity contribution >= 4 is 5.91 Å². The number of halogens is 3. The van der Waals surface area contributed by atoms with Crippen molar-refractivity contribution in [1.82, 2.24) is 10.3 Å². The number of nitrogens with zero attached hydrogens (tertiary/aromatic N) is 1. The fraction of sp³-hybridized carbons (Fsp3) is 0.417. The molecule has 0 radical (unpaired) electrons. The van der Waals surface area contributed by atoms with Crippen molar-refractivity contribution in [2.24, 2.45) is 5.84 Å². The molecule has 0 heterocycles. The van der Waals surface area contributed by atoms with Crippen molar-refractivity contribution in [2.75, 3.05) is 13.6 Å². The second-order valence-electron chi connectivity index (χ2n) is 4.17. The third-order valence-electron chi connectivity index (χ3n) is 2.69. The molecule has 7 heteroatoms. The Morgan fingerprint density at radius 2 is 1.95 bits per heavy atom. The van der Waals surface area contributed by atoms with Gasteiger partial charge in [0.25, 0.3) is 5.91 Å². The SMILES string of the molecule is CN(CCC(F)(F)F)C(C(=O)NN)c1ccccc1. The summed E-state index contributed by atoms with van der Waals surface area (Å²) in [7, 11) is 1.46. The summed E-state index contributed by atoms with van der Waals surface area (Å²) >= 11 is 0. The molecule has 0 aliphatic rings. The fourth-order valence-corrected chi connectivity index (χ4v) is 1.75. The van der Waals surface area contributed by atoms with Crippen LogP contribution in [0.3, 0.4) is 0 Å². The molecule has 0 saturated carbocycles. The summed E-state index contributed by atoms with van der Waals surface area (Å²) in [4.78, 5) is 13.0. The molecule has 19 heavy (non-hydrogen) atoms. The number of nitrogens with one attached hydrogen (secondary N) is 1. The van der Waals surface area contributed by atoms with Crippen molar-refractivity contribution in [3.63, 3.8) is 0 Å². The van der Waals surface area contributed by atoms with Crippen LogP contribution in [0.4, 0.5) is 13.2 Å². The topological polar surface area (TPSA) is 58.4 Å². The molecule has 0 spiro atoms. The van der Waals surface area contributed by atoms with Gasteiger partial charge in [-0.15, -0.1) is 0 Å². The maximum atomic E-state index is 12.2. The standard InChI is InChI=1S/C12H16F3N3O/c1-18(8-7-12(13,14)15)10(11(19)17-16)9-5-3-2-4-6-9/h2-6,10H,7-8,16H2,1H3,(H,17,19). The zero-order valence-corrected chi connectivity index (χ0v) is 10.4. The number of nitrogens with two attached hydrogens (primary N) is 1. The maximum absolute atomic E-state index is 12.2. The van der Waals surface area contributed by atoms with Gasteiger partial charge >= 0.3 is 6.18 Å². The molecule has 106 valence electrons. The van der Waals surface area contributed by atoms with E-state index >= 15 is 0 Å². The van der Waals surface area contributed by atoms with Crippen LogP contribution in [0.25, 0.3) is 0 Å². The summed E-state index contributed by atoms with van der Waals surface area (Å²) in [6, 6.07) is 7.69. The number of hydrazine groups is 1. The quantitative estimate of drug-likeness (QED) is 0.487. The van der Waals surface area contributed by atoms with Crippen LogP contribution >= 0.6 is 0 Å². The maximum Gasteiger partial charge on any atom is 0.390 e. The Kier molecular flexibility index (Phi) is 5.31. The lowest BCUT2D eigenvalue weighted by molar-refractivity contribution is -0.141. The second-order valence-corrected chi connectivity index (χ2v) is 4.17. The largest absolute Gasteiger partial charge is 0.390 e. The van der Waals surface area contributed by atoms with E-state index in [0.717, 1.165) is 0 Å². The number of alkyl halides is 3. The van der Waals surface area contributed by atoms with E-state index in [1.54, 1.807) is 30.3 Å². The Morgan fingerprint density at radius 1 is 1.37 bits per heavy atom. The highest BCUT2D eigenvalue weighted by atomic mass is 19.4. The van der Waals surface area contributed by atoms with E-state index in [9.17, 15) is 18.0 Å². The van der Waals surface area contributed by atoms with Gasteiger partial charge in [0.1, 0.15) is 6.04 Å².